The molecule has 30 heavy (non-hydrogen) atoms. The van der Waals surface area contributed by atoms with Gasteiger partial charge in [0.2, 0.25) is 0 Å². The maximum Gasteiger partial charge on any atom is 0.338 e. The minimum absolute atomic E-state index is 0.112. The molecule has 1 fully saturated rings. The van der Waals surface area contributed by atoms with Gasteiger partial charge in [0.05, 0.1) is 5.56 Å². The molecule has 2 aliphatic carbocycles. The first-order chi connectivity index (χ1) is 14.7. The van der Waals surface area contributed by atoms with Gasteiger partial charge in [-0.1, -0.05) is 77.0 Å². The Balaban J connectivity index is 1.45. The van der Waals surface area contributed by atoms with Crippen molar-refractivity contribution in [3.8, 4) is 0 Å². The monoisotopic (exact) mass is 410 g/mol. The molecule has 0 spiro atoms. The number of hydrogen-bond acceptors (Lipinski definition) is 2. The van der Waals surface area contributed by atoms with E-state index in [1.165, 1.54) is 88.2 Å². The van der Waals surface area contributed by atoms with Gasteiger partial charge in [0, 0.05) is 0 Å². The third kappa shape index (κ3) is 7.00. The summed E-state index contributed by atoms with van der Waals surface area (Å²) in [6.07, 6.45) is 20.1. The van der Waals surface area contributed by atoms with Gasteiger partial charge in [-0.2, -0.15) is 0 Å². The van der Waals surface area contributed by atoms with Gasteiger partial charge in [-0.15, -0.1) is 0 Å². The first-order valence-corrected chi connectivity index (χ1v) is 12.7. The molecule has 3 rings (SSSR count). The van der Waals surface area contributed by atoms with Gasteiger partial charge in [-0.3, -0.25) is 0 Å². The summed E-state index contributed by atoms with van der Waals surface area (Å²) in [4.78, 5) is 12.6. The maximum absolute atomic E-state index is 12.6. The molecule has 166 valence electrons. The van der Waals surface area contributed by atoms with Crippen molar-refractivity contribution in [3.63, 3.8) is 0 Å². The fourth-order valence-corrected chi connectivity index (χ4v) is 5.17. The van der Waals surface area contributed by atoms with Crippen LogP contribution >= 0.6 is 0 Å². The topological polar surface area (TPSA) is 26.3 Å². The lowest BCUT2D eigenvalue weighted by atomic mass is 9.84. The van der Waals surface area contributed by atoms with Crippen molar-refractivity contribution in [2.45, 2.75) is 110 Å². The van der Waals surface area contributed by atoms with Crippen LogP contribution in [0.3, 0.4) is 0 Å². The SMILES string of the molecule is CCCCCC1CC=C(c2ccc(C(=O)O[C@H]3CC[C@H](CCCC)CC3)cc2)CC1. The molecule has 2 nitrogen and oxygen atoms in total. The third-order valence-electron chi connectivity index (χ3n) is 7.26. The summed E-state index contributed by atoms with van der Waals surface area (Å²) in [5, 5.41) is 0. The zero-order valence-corrected chi connectivity index (χ0v) is 19.3. The van der Waals surface area contributed by atoms with Crippen LogP contribution in [0.2, 0.25) is 0 Å². The minimum atomic E-state index is -0.146. The minimum Gasteiger partial charge on any atom is -0.459 e. The Kier molecular flexibility index (Phi) is 9.49. The average Bonchev–Trinajstić information content (AvgIpc) is 2.79. The molecular weight excluding hydrogens is 368 g/mol. The van der Waals surface area contributed by atoms with Gasteiger partial charge in [0.15, 0.2) is 0 Å². The standard InChI is InChI=1S/C28H42O2/c1-3-5-7-9-23-10-14-24(15-11-23)25-16-18-26(19-17-25)28(29)30-27-20-12-22(13-21-27)8-6-4-2/h14,16-19,22-23,27H,3-13,15,20-21H2,1-2H3/t22-,23?,27-. The highest BCUT2D eigenvalue weighted by atomic mass is 16.5. The first kappa shape index (κ1) is 23.1. The van der Waals surface area contributed by atoms with Crippen molar-refractivity contribution in [2.24, 2.45) is 11.8 Å². The molecule has 2 aliphatic rings. The summed E-state index contributed by atoms with van der Waals surface area (Å²) in [5.41, 5.74) is 3.42. The Hall–Kier alpha value is -1.57. The summed E-state index contributed by atoms with van der Waals surface area (Å²) in [6.45, 7) is 4.53. The van der Waals surface area contributed by atoms with Gasteiger partial charge in [-0.25, -0.2) is 4.79 Å². The van der Waals surface area contributed by atoms with E-state index in [2.05, 4.69) is 32.1 Å². The van der Waals surface area contributed by atoms with Crippen molar-refractivity contribution in [2.75, 3.05) is 0 Å². The van der Waals surface area contributed by atoms with E-state index >= 15 is 0 Å². The number of esters is 1. The molecule has 0 saturated heterocycles. The normalized spacial score (nSPS) is 24.3. The molecule has 1 aromatic rings. The molecule has 1 aromatic carbocycles. The molecule has 0 heterocycles. The maximum atomic E-state index is 12.6. The molecule has 2 heteroatoms. The van der Waals surface area contributed by atoms with Gasteiger partial charge < -0.3 is 4.74 Å². The van der Waals surface area contributed by atoms with E-state index in [0.717, 1.165) is 24.7 Å². The van der Waals surface area contributed by atoms with E-state index in [1.807, 2.05) is 12.1 Å². The van der Waals surface area contributed by atoms with Crippen LogP contribution in [0.4, 0.5) is 0 Å². The lowest BCUT2D eigenvalue weighted by molar-refractivity contribution is 0.0161. The first-order valence-electron chi connectivity index (χ1n) is 12.7. The molecule has 1 atom stereocenters. The lowest BCUT2D eigenvalue weighted by Gasteiger charge is -2.28. The van der Waals surface area contributed by atoms with Crippen LogP contribution in [-0.4, -0.2) is 12.1 Å². The second kappa shape index (κ2) is 12.3. The van der Waals surface area contributed by atoms with Crippen molar-refractivity contribution < 1.29 is 9.53 Å². The Morgan fingerprint density at radius 3 is 2.20 bits per heavy atom. The number of rotatable bonds is 10. The molecule has 1 unspecified atom stereocenters. The molecule has 0 aliphatic heterocycles. The largest absolute Gasteiger partial charge is 0.459 e. The molecule has 0 amide bonds. The Labute approximate surface area is 184 Å². The summed E-state index contributed by atoms with van der Waals surface area (Å²) in [6, 6.07) is 8.14. The number of carbonyl (C=O) groups excluding carboxylic acids is 1. The quantitative estimate of drug-likeness (QED) is 0.286. The predicted molar refractivity (Wildman–Crippen MR) is 127 cm³/mol. The van der Waals surface area contributed by atoms with Gasteiger partial charge in [-0.05, 0) is 80.1 Å². The van der Waals surface area contributed by atoms with Gasteiger partial charge >= 0.3 is 5.97 Å². The molecular formula is C28H42O2. The molecule has 0 bridgehead atoms. The fraction of sp³-hybridized carbons (Fsp3) is 0.679. The number of unbranched alkanes of at least 4 members (excludes halogenated alkanes) is 3. The smallest absolute Gasteiger partial charge is 0.338 e. The summed E-state index contributed by atoms with van der Waals surface area (Å²) in [5.74, 6) is 1.56. The Morgan fingerprint density at radius 2 is 1.57 bits per heavy atom. The van der Waals surface area contributed by atoms with E-state index in [-0.39, 0.29) is 12.1 Å². The van der Waals surface area contributed by atoms with Gasteiger partial charge in [0.1, 0.15) is 6.10 Å². The van der Waals surface area contributed by atoms with Crippen LogP contribution in [0.5, 0.6) is 0 Å². The van der Waals surface area contributed by atoms with Crippen LogP contribution < -0.4 is 0 Å². The average molecular weight is 411 g/mol. The van der Waals surface area contributed by atoms with E-state index in [4.69, 9.17) is 4.74 Å². The van der Waals surface area contributed by atoms with E-state index in [1.54, 1.807) is 0 Å². The molecule has 0 N–H and O–H groups in total. The molecule has 0 radical (unpaired) electrons. The lowest BCUT2D eigenvalue weighted by Crippen LogP contribution is -2.24. The Morgan fingerprint density at radius 1 is 0.867 bits per heavy atom. The van der Waals surface area contributed by atoms with Crippen LogP contribution in [0.1, 0.15) is 120 Å². The number of hydrogen-bond donors (Lipinski definition) is 0. The zero-order chi connectivity index (χ0) is 21.2. The van der Waals surface area contributed by atoms with Crippen LogP contribution in [-0.2, 0) is 4.74 Å². The molecule has 0 aromatic heterocycles. The highest BCUT2D eigenvalue weighted by Gasteiger charge is 2.24. The second-order valence-corrected chi connectivity index (χ2v) is 9.63. The van der Waals surface area contributed by atoms with E-state index in [9.17, 15) is 4.79 Å². The fourth-order valence-electron chi connectivity index (χ4n) is 5.17. The van der Waals surface area contributed by atoms with Crippen LogP contribution in [0.15, 0.2) is 30.3 Å². The number of carbonyl (C=O) groups is 1. The number of benzene rings is 1. The highest BCUT2D eigenvalue weighted by Crippen LogP contribution is 2.33. The second-order valence-electron chi connectivity index (χ2n) is 9.63. The molecule has 1 saturated carbocycles. The van der Waals surface area contributed by atoms with Gasteiger partial charge in [0.25, 0.3) is 0 Å². The van der Waals surface area contributed by atoms with E-state index < -0.39 is 0 Å². The zero-order valence-electron chi connectivity index (χ0n) is 19.3. The van der Waals surface area contributed by atoms with Crippen molar-refractivity contribution in [3.05, 3.63) is 41.5 Å². The predicted octanol–water partition coefficient (Wildman–Crippen LogP) is 8.36. The highest BCUT2D eigenvalue weighted by molar-refractivity contribution is 5.90. The van der Waals surface area contributed by atoms with Crippen molar-refractivity contribution in [1.82, 2.24) is 0 Å². The van der Waals surface area contributed by atoms with Crippen molar-refractivity contribution in [1.29, 1.82) is 0 Å². The van der Waals surface area contributed by atoms with E-state index in [0.29, 0.717) is 5.56 Å². The van der Waals surface area contributed by atoms with Crippen molar-refractivity contribution >= 4 is 11.5 Å². The Bertz CT molecular complexity index is 664. The third-order valence-corrected chi connectivity index (χ3v) is 7.26. The summed E-state index contributed by atoms with van der Waals surface area (Å²) in [7, 11) is 0. The number of allylic oxidation sites excluding steroid dienone is 2. The van der Waals surface area contributed by atoms with Crippen LogP contribution in [0, 0.1) is 11.8 Å². The summed E-state index contributed by atoms with van der Waals surface area (Å²) < 4.78 is 5.82. The summed E-state index contributed by atoms with van der Waals surface area (Å²) >= 11 is 0. The van der Waals surface area contributed by atoms with Crippen LogP contribution in [0.25, 0.3) is 5.57 Å². The number of ether oxygens (including phenoxy) is 1.